The predicted octanol–water partition coefficient (Wildman–Crippen LogP) is 3.21. The van der Waals surface area contributed by atoms with Gasteiger partial charge in [0.05, 0.1) is 10.7 Å². The van der Waals surface area contributed by atoms with Crippen LogP contribution in [0.3, 0.4) is 0 Å². The van der Waals surface area contributed by atoms with Crippen LogP contribution in [-0.4, -0.2) is 23.5 Å². The van der Waals surface area contributed by atoms with Gasteiger partial charge in [0.15, 0.2) is 0 Å². The van der Waals surface area contributed by atoms with Crippen molar-refractivity contribution in [1.82, 2.24) is 10.3 Å². The molecular weight excluding hydrogens is 314 g/mol. The maximum absolute atomic E-state index is 12.0. The zero-order valence-corrected chi connectivity index (χ0v) is 14.5. The summed E-state index contributed by atoms with van der Waals surface area (Å²) < 4.78 is 0. The van der Waals surface area contributed by atoms with Crippen molar-refractivity contribution in [1.29, 1.82) is 0 Å². The summed E-state index contributed by atoms with van der Waals surface area (Å²) in [5.41, 5.74) is 7.44. The van der Waals surface area contributed by atoms with Gasteiger partial charge < -0.3 is 11.1 Å². The van der Waals surface area contributed by atoms with Gasteiger partial charge in [-0.15, -0.1) is 23.1 Å². The first-order valence-electron chi connectivity index (χ1n) is 7.22. The molecule has 1 atom stereocenters. The third-order valence-corrected chi connectivity index (χ3v) is 4.92. The minimum absolute atomic E-state index is 0.0488. The standard InChI is InChI=1S/C16H21N3OS2/c1-11(17)7-8-18-16(20)13-3-5-15(6-4-13)22-10-14-9-21-12(2)19-14/h3-6,9,11H,7-8,10,17H2,1-2H3,(H,18,20). The van der Waals surface area contributed by atoms with E-state index in [4.69, 9.17) is 5.73 Å². The number of thiazole rings is 1. The number of aryl methyl sites for hydroxylation is 1. The highest BCUT2D eigenvalue weighted by Gasteiger charge is 2.06. The molecule has 1 aromatic carbocycles. The van der Waals surface area contributed by atoms with Crippen LogP contribution < -0.4 is 11.1 Å². The summed E-state index contributed by atoms with van der Waals surface area (Å²) in [5, 5.41) is 6.05. The molecule has 1 unspecified atom stereocenters. The van der Waals surface area contributed by atoms with Crippen molar-refractivity contribution in [3.63, 3.8) is 0 Å². The van der Waals surface area contributed by atoms with Gasteiger partial charge in [0.25, 0.3) is 5.91 Å². The lowest BCUT2D eigenvalue weighted by Crippen LogP contribution is -2.28. The minimum atomic E-state index is -0.0488. The highest BCUT2D eigenvalue weighted by molar-refractivity contribution is 7.98. The summed E-state index contributed by atoms with van der Waals surface area (Å²) in [4.78, 5) is 17.5. The van der Waals surface area contributed by atoms with Crippen molar-refractivity contribution >= 4 is 29.0 Å². The molecule has 0 aliphatic heterocycles. The van der Waals surface area contributed by atoms with Crippen molar-refractivity contribution in [2.24, 2.45) is 5.73 Å². The normalized spacial score (nSPS) is 12.1. The van der Waals surface area contributed by atoms with Gasteiger partial charge in [0, 0.05) is 34.2 Å². The molecule has 1 amide bonds. The van der Waals surface area contributed by atoms with Gasteiger partial charge >= 0.3 is 0 Å². The number of carbonyl (C=O) groups excluding carboxylic acids is 1. The van der Waals surface area contributed by atoms with E-state index in [0.717, 1.165) is 27.8 Å². The fraction of sp³-hybridized carbons (Fsp3) is 0.375. The van der Waals surface area contributed by atoms with Crippen molar-refractivity contribution in [2.45, 2.75) is 37.0 Å². The average Bonchev–Trinajstić information content (AvgIpc) is 2.91. The second kappa shape index (κ2) is 8.31. The molecule has 22 heavy (non-hydrogen) atoms. The molecule has 0 aliphatic rings. The quantitative estimate of drug-likeness (QED) is 0.763. The third kappa shape index (κ3) is 5.44. The topological polar surface area (TPSA) is 68.0 Å². The minimum Gasteiger partial charge on any atom is -0.352 e. The zero-order chi connectivity index (χ0) is 15.9. The van der Waals surface area contributed by atoms with E-state index in [0.29, 0.717) is 12.1 Å². The van der Waals surface area contributed by atoms with Gasteiger partial charge in [-0.2, -0.15) is 0 Å². The lowest BCUT2D eigenvalue weighted by Gasteiger charge is -2.07. The van der Waals surface area contributed by atoms with Gasteiger partial charge in [-0.25, -0.2) is 4.98 Å². The van der Waals surface area contributed by atoms with E-state index in [1.807, 2.05) is 38.1 Å². The highest BCUT2D eigenvalue weighted by Crippen LogP contribution is 2.23. The maximum atomic E-state index is 12.0. The highest BCUT2D eigenvalue weighted by atomic mass is 32.2. The molecule has 0 spiro atoms. The van der Waals surface area contributed by atoms with Crippen molar-refractivity contribution < 1.29 is 4.79 Å². The molecule has 0 saturated heterocycles. The SMILES string of the molecule is Cc1nc(CSc2ccc(C(=O)NCCC(C)N)cc2)cs1. The van der Waals surface area contributed by atoms with Crippen molar-refractivity contribution in [2.75, 3.05) is 6.54 Å². The first kappa shape index (κ1) is 17.0. The molecule has 118 valence electrons. The van der Waals surface area contributed by atoms with E-state index >= 15 is 0 Å². The van der Waals surface area contributed by atoms with Crippen LogP contribution in [0.4, 0.5) is 0 Å². The van der Waals surface area contributed by atoms with Crippen LogP contribution >= 0.6 is 23.1 Å². The molecule has 2 rings (SSSR count). The lowest BCUT2D eigenvalue weighted by atomic mass is 10.2. The molecule has 0 aliphatic carbocycles. The molecule has 1 aromatic heterocycles. The lowest BCUT2D eigenvalue weighted by molar-refractivity contribution is 0.0952. The second-order valence-corrected chi connectivity index (χ2v) is 7.30. The Morgan fingerprint density at radius 2 is 2.14 bits per heavy atom. The third-order valence-electron chi connectivity index (χ3n) is 3.06. The maximum Gasteiger partial charge on any atom is 0.251 e. The van der Waals surface area contributed by atoms with Crippen LogP contribution in [-0.2, 0) is 5.75 Å². The van der Waals surface area contributed by atoms with E-state index in [1.54, 1.807) is 23.1 Å². The van der Waals surface area contributed by atoms with Crippen molar-refractivity contribution in [3.05, 3.63) is 45.9 Å². The summed E-state index contributed by atoms with van der Waals surface area (Å²) in [6, 6.07) is 7.77. The zero-order valence-electron chi connectivity index (χ0n) is 12.8. The van der Waals surface area contributed by atoms with Crippen LogP contribution in [0.5, 0.6) is 0 Å². The molecule has 4 nitrogen and oxygen atoms in total. The molecule has 6 heteroatoms. The van der Waals surface area contributed by atoms with E-state index < -0.39 is 0 Å². The fourth-order valence-electron chi connectivity index (χ4n) is 1.85. The Hall–Kier alpha value is -1.37. The Balaban J connectivity index is 1.83. The number of amides is 1. The molecule has 0 radical (unpaired) electrons. The van der Waals surface area contributed by atoms with Gasteiger partial charge in [-0.3, -0.25) is 4.79 Å². The van der Waals surface area contributed by atoms with Crippen LogP contribution in [0.15, 0.2) is 34.5 Å². The first-order valence-corrected chi connectivity index (χ1v) is 9.09. The molecule has 0 fully saturated rings. The summed E-state index contributed by atoms with van der Waals surface area (Å²) in [6.45, 7) is 4.55. The van der Waals surface area contributed by atoms with E-state index in [2.05, 4.69) is 15.7 Å². The number of nitrogens with zero attached hydrogens (tertiary/aromatic N) is 1. The number of aromatic nitrogens is 1. The number of hydrogen-bond donors (Lipinski definition) is 2. The Labute approximate surface area is 139 Å². The molecule has 2 aromatic rings. The fourth-order valence-corrected chi connectivity index (χ4v) is 3.36. The Bertz CT molecular complexity index is 608. The number of thioether (sulfide) groups is 1. The average molecular weight is 335 g/mol. The van der Waals surface area contributed by atoms with Gasteiger partial charge in [0.2, 0.25) is 0 Å². The van der Waals surface area contributed by atoms with Crippen LogP contribution in [0.25, 0.3) is 0 Å². The first-order chi connectivity index (χ1) is 10.5. The van der Waals surface area contributed by atoms with Gasteiger partial charge in [-0.1, -0.05) is 0 Å². The molecule has 1 heterocycles. The predicted molar refractivity (Wildman–Crippen MR) is 93.5 cm³/mol. The molecular formula is C16H21N3OS2. The number of nitrogens with one attached hydrogen (secondary N) is 1. The monoisotopic (exact) mass is 335 g/mol. The van der Waals surface area contributed by atoms with E-state index in [9.17, 15) is 4.79 Å². The number of hydrogen-bond acceptors (Lipinski definition) is 5. The summed E-state index contributed by atoms with van der Waals surface area (Å²) >= 11 is 3.39. The summed E-state index contributed by atoms with van der Waals surface area (Å²) in [5.74, 6) is 0.803. The largest absolute Gasteiger partial charge is 0.352 e. The molecule has 3 N–H and O–H groups in total. The van der Waals surface area contributed by atoms with Gasteiger partial charge in [-0.05, 0) is 44.5 Å². The Morgan fingerprint density at radius 1 is 1.41 bits per heavy atom. The number of benzene rings is 1. The van der Waals surface area contributed by atoms with Crippen LogP contribution in [0.1, 0.15) is 34.4 Å². The summed E-state index contributed by atoms with van der Waals surface area (Å²) in [6.07, 6.45) is 0.784. The molecule has 0 saturated carbocycles. The van der Waals surface area contributed by atoms with Crippen LogP contribution in [0, 0.1) is 6.92 Å². The van der Waals surface area contributed by atoms with E-state index in [-0.39, 0.29) is 11.9 Å². The number of carbonyl (C=O) groups is 1. The van der Waals surface area contributed by atoms with Crippen molar-refractivity contribution in [3.8, 4) is 0 Å². The number of nitrogens with two attached hydrogens (primary N) is 1. The smallest absolute Gasteiger partial charge is 0.251 e. The Morgan fingerprint density at radius 3 is 2.73 bits per heavy atom. The van der Waals surface area contributed by atoms with Gasteiger partial charge in [0.1, 0.15) is 0 Å². The Kier molecular flexibility index (Phi) is 6.42. The van der Waals surface area contributed by atoms with Crippen LogP contribution in [0.2, 0.25) is 0 Å². The molecule has 0 bridgehead atoms. The number of rotatable bonds is 7. The van der Waals surface area contributed by atoms with E-state index in [1.165, 1.54) is 0 Å². The summed E-state index contributed by atoms with van der Waals surface area (Å²) in [7, 11) is 0. The second-order valence-electron chi connectivity index (χ2n) is 5.19.